The molecule has 172 valence electrons. The van der Waals surface area contributed by atoms with Crippen LogP contribution in [0.3, 0.4) is 0 Å². The van der Waals surface area contributed by atoms with Crippen molar-refractivity contribution in [3.63, 3.8) is 0 Å². The molecule has 0 spiro atoms. The van der Waals surface area contributed by atoms with Gasteiger partial charge in [0.2, 0.25) is 14.8 Å². The van der Waals surface area contributed by atoms with Gasteiger partial charge in [0.15, 0.2) is 5.82 Å². The molecule has 1 aliphatic rings. The van der Waals surface area contributed by atoms with E-state index in [2.05, 4.69) is 9.62 Å². The van der Waals surface area contributed by atoms with Gasteiger partial charge in [-0.3, -0.25) is 9.47 Å². The van der Waals surface area contributed by atoms with E-state index in [9.17, 15) is 8.42 Å². The Morgan fingerprint density at radius 1 is 1.25 bits per heavy atom. The smallest absolute Gasteiger partial charge is 0.208 e. The topological polar surface area (TPSA) is 81.4 Å². The van der Waals surface area contributed by atoms with Crippen molar-refractivity contribution in [3.05, 3.63) is 46.5 Å². The normalized spacial score (nSPS) is 17.5. The quantitative estimate of drug-likeness (QED) is 0.484. The summed E-state index contributed by atoms with van der Waals surface area (Å²) in [4.78, 5) is 3.27. The van der Waals surface area contributed by atoms with E-state index in [4.69, 9.17) is 22.1 Å². The van der Waals surface area contributed by atoms with E-state index in [0.29, 0.717) is 23.7 Å². The number of benzene rings is 1. The molecule has 0 unspecified atom stereocenters. The summed E-state index contributed by atoms with van der Waals surface area (Å²) in [7, 11) is -1.60. The first kappa shape index (κ1) is 23.1. The van der Waals surface area contributed by atoms with Crippen LogP contribution in [0.25, 0.3) is 16.4 Å². The molecule has 1 saturated heterocycles. The molecule has 1 N–H and O–H groups in total. The Labute approximate surface area is 197 Å². The number of ether oxygens (including phenoxy) is 1. The summed E-state index contributed by atoms with van der Waals surface area (Å²) < 4.78 is 35.8. The van der Waals surface area contributed by atoms with Gasteiger partial charge in [-0.15, -0.1) is 16.4 Å². The second-order valence-corrected chi connectivity index (χ2v) is 11.0. The fourth-order valence-corrected chi connectivity index (χ4v) is 5.47. The van der Waals surface area contributed by atoms with E-state index in [0.717, 1.165) is 42.2 Å². The molecule has 1 aromatic carbocycles. The number of nitrogens with zero attached hydrogens (tertiary/aromatic N) is 4. The number of methoxy groups -OCH3 is 1. The van der Waals surface area contributed by atoms with E-state index >= 15 is 0 Å². The lowest BCUT2D eigenvalue weighted by Gasteiger charge is -2.35. The maximum absolute atomic E-state index is 11.6. The molecule has 1 fully saturated rings. The fourth-order valence-electron chi connectivity index (χ4n) is 3.99. The Morgan fingerprint density at radius 2 is 2.06 bits per heavy atom. The second-order valence-electron chi connectivity index (χ2n) is 7.81. The molecular weight excluding hydrogens is 466 g/mol. The number of aromatic nitrogens is 3. The molecule has 2 aromatic heterocycles. The highest BCUT2D eigenvalue weighted by Gasteiger charge is 2.25. The first-order valence-electron chi connectivity index (χ1n) is 10.4. The summed E-state index contributed by atoms with van der Waals surface area (Å²) in [6, 6.07) is 11.9. The summed E-state index contributed by atoms with van der Waals surface area (Å²) in [5, 5.41) is 6.91. The summed E-state index contributed by atoms with van der Waals surface area (Å²) in [6.45, 7) is 1.75. The van der Waals surface area contributed by atoms with E-state index < -0.39 is 10.0 Å². The molecule has 8 nitrogen and oxygen atoms in total. The monoisotopic (exact) mass is 493 g/mol. The van der Waals surface area contributed by atoms with Gasteiger partial charge in [0, 0.05) is 19.1 Å². The first-order valence-corrected chi connectivity index (χ1v) is 13.6. The van der Waals surface area contributed by atoms with E-state index in [1.165, 1.54) is 6.26 Å². The van der Waals surface area contributed by atoms with Gasteiger partial charge in [0.05, 0.1) is 30.6 Å². The van der Waals surface area contributed by atoms with Gasteiger partial charge in [-0.2, -0.15) is 0 Å². The Kier molecular flexibility index (Phi) is 7.11. The zero-order valence-corrected chi connectivity index (χ0v) is 20.5. The third kappa shape index (κ3) is 5.12. The van der Waals surface area contributed by atoms with Crippen molar-refractivity contribution >= 4 is 33.6 Å². The van der Waals surface area contributed by atoms with Crippen LogP contribution in [0.2, 0.25) is 0 Å². The van der Waals surface area contributed by atoms with Crippen LogP contribution in [0.4, 0.5) is 0 Å². The van der Waals surface area contributed by atoms with Crippen molar-refractivity contribution < 1.29 is 13.2 Å². The highest BCUT2D eigenvalue weighted by Crippen LogP contribution is 2.31. The van der Waals surface area contributed by atoms with Gasteiger partial charge >= 0.3 is 0 Å². The van der Waals surface area contributed by atoms with Crippen LogP contribution in [-0.2, 0) is 16.7 Å². The largest absolute Gasteiger partial charge is 0.495 e. The molecule has 0 bridgehead atoms. The number of hydrogen-bond acceptors (Lipinski definition) is 7. The maximum Gasteiger partial charge on any atom is 0.208 e. The van der Waals surface area contributed by atoms with Crippen LogP contribution in [0.5, 0.6) is 5.75 Å². The van der Waals surface area contributed by atoms with Crippen molar-refractivity contribution in [2.75, 3.05) is 26.5 Å². The maximum atomic E-state index is 11.6. The van der Waals surface area contributed by atoms with Gasteiger partial charge in [0.25, 0.3) is 0 Å². The number of piperidine rings is 1. The van der Waals surface area contributed by atoms with Crippen molar-refractivity contribution in [3.8, 4) is 22.1 Å². The van der Waals surface area contributed by atoms with Gasteiger partial charge in [-0.05, 0) is 48.6 Å². The van der Waals surface area contributed by atoms with Crippen LogP contribution < -0.4 is 9.46 Å². The number of sulfonamides is 1. The summed E-state index contributed by atoms with van der Waals surface area (Å²) in [6.07, 6.45) is 4.27. The average Bonchev–Trinajstić information content (AvgIpc) is 3.41. The predicted octanol–water partition coefficient (Wildman–Crippen LogP) is 3.50. The Balaban J connectivity index is 1.71. The number of nitrogens with one attached hydrogen (secondary N) is 1. The number of rotatable bonds is 8. The van der Waals surface area contributed by atoms with E-state index in [-0.39, 0.29) is 6.04 Å². The zero-order chi connectivity index (χ0) is 22.7. The SMILES string of the molecule is COc1ccccc1-n1c(-c2cccs2)nn(CN2CCCC[C@@H]2CNS(C)(=O)=O)c1=S. The highest BCUT2D eigenvalue weighted by molar-refractivity contribution is 7.88. The number of para-hydroxylation sites is 2. The lowest BCUT2D eigenvalue weighted by Crippen LogP contribution is -2.47. The second kappa shape index (κ2) is 9.84. The van der Waals surface area contributed by atoms with Gasteiger partial charge in [0.1, 0.15) is 5.75 Å². The third-order valence-corrected chi connectivity index (χ3v) is 7.50. The molecule has 0 radical (unpaired) electrons. The zero-order valence-electron chi connectivity index (χ0n) is 18.1. The summed E-state index contributed by atoms with van der Waals surface area (Å²) in [5.74, 6) is 1.48. The minimum atomic E-state index is -3.24. The molecule has 0 amide bonds. The Hall–Kier alpha value is -2.05. The van der Waals surface area contributed by atoms with E-state index in [1.54, 1.807) is 18.4 Å². The van der Waals surface area contributed by atoms with E-state index in [1.807, 2.05) is 51.0 Å². The van der Waals surface area contributed by atoms with Crippen LogP contribution in [0, 0.1) is 4.77 Å². The Bertz CT molecular complexity index is 1220. The van der Waals surface area contributed by atoms with Gasteiger partial charge < -0.3 is 4.74 Å². The molecule has 3 aromatic rings. The lowest BCUT2D eigenvalue weighted by atomic mass is 10.0. The molecule has 1 aliphatic heterocycles. The van der Waals surface area contributed by atoms with Crippen molar-refractivity contribution in [2.24, 2.45) is 0 Å². The first-order chi connectivity index (χ1) is 15.4. The third-order valence-electron chi connectivity index (χ3n) is 5.55. The molecule has 3 heterocycles. The average molecular weight is 494 g/mol. The van der Waals surface area contributed by atoms with Crippen LogP contribution in [0.15, 0.2) is 41.8 Å². The minimum absolute atomic E-state index is 0.0991. The van der Waals surface area contributed by atoms with Crippen molar-refractivity contribution in [2.45, 2.75) is 32.0 Å². The minimum Gasteiger partial charge on any atom is -0.495 e. The van der Waals surface area contributed by atoms with Crippen molar-refractivity contribution in [1.29, 1.82) is 0 Å². The molecule has 4 rings (SSSR count). The summed E-state index contributed by atoms with van der Waals surface area (Å²) in [5.41, 5.74) is 0.837. The molecule has 11 heteroatoms. The number of likely N-dealkylation sites (tertiary alicyclic amines) is 1. The lowest BCUT2D eigenvalue weighted by molar-refractivity contribution is 0.106. The number of hydrogen-bond donors (Lipinski definition) is 1. The molecule has 0 saturated carbocycles. The molecule has 1 atom stereocenters. The Morgan fingerprint density at radius 3 is 2.78 bits per heavy atom. The fraction of sp³-hybridized carbons (Fsp3) is 0.429. The van der Waals surface area contributed by atoms with Crippen LogP contribution >= 0.6 is 23.6 Å². The van der Waals surface area contributed by atoms with Gasteiger partial charge in [-0.1, -0.05) is 24.6 Å². The van der Waals surface area contributed by atoms with Gasteiger partial charge in [-0.25, -0.2) is 17.8 Å². The predicted molar refractivity (Wildman–Crippen MR) is 129 cm³/mol. The molecule has 32 heavy (non-hydrogen) atoms. The molecule has 0 aliphatic carbocycles. The number of thiophene rings is 1. The van der Waals surface area contributed by atoms with Crippen molar-refractivity contribution in [1.82, 2.24) is 24.0 Å². The molecular formula is C21H27N5O3S3. The van der Waals surface area contributed by atoms with Crippen LogP contribution in [0.1, 0.15) is 19.3 Å². The summed E-state index contributed by atoms with van der Waals surface area (Å²) >= 11 is 7.49. The highest BCUT2D eigenvalue weighted by atomic mass is 32.2. The van der Waals surface area contributed by atoms with Crippen LogP contribution in [-0.4, -0.2) is 60.2 Å². The standard InChI is InChI=1S/C21H27N5O3S3/c1-29-18-10-4-3-9-17(18)26-20(19-11-7-13-31-19)23-25(21(26)30)15-24-12-6-5-8-16(24)14-22-32(2,27)28/h3-4,7,9-11,13,16,22H,5-6,8,12,14-15H2,1-2H3/t16-/m1/s1.